The van der Waals surface area contributed by atoms with Crippen LogP contribution in [0.15, 0.2) is 59.5 Å². The number of hydrogen-bond donors (Lipinski definition) is 0. The lowest BCUT2D eigenvalue weighted by Crippen LogP contribution is -1.95. The lowest BCUT2D eigenvalue weighted by atomic mass is 10.1. The molecule has 126 valence electrons. The van der Waals surface area contributed by atoms with Crippen molar-refractivity contribution < 1.29 is 9.53 Å². The maximum Gasteiger partial charge on any atom is 0.185 e. The van der Waals surface area contributed by atoms with Crippen molar-refractivity contribution in [2.75, 3.05) is 12.4 Å². The Kier molecular flexibility index (Phi) is 7.63. The van der Waals surface area contributed by atoms with E-state index in [-0.39, 0.29) is 5.78 Å². The van der Waals surface area contributed by atoms with Crippen LogP contribution in [0.2, 0.25) is 0 Å². The molecule has 0 fully saturated rings. The molecule has 0 aliphatic carbocycles. The van der Waals surface area contributed by atoms with Crippen LogP contribution in [0.5, 0.6) is 5.75 Å². The molecule has 0 N–H and O–H groups in total. The molecule has 24 heavy (non-hydrogen) atoms. The van der Waals surface area contributed by atoms with Crippen LogP contribution in [0.1, 0.15) is 42.6 Å². The standard InChI is InChI=1S/C21H24O2S/c1-3-14-23-19-7-5-6-17(16-19)8-13-21(22)18-9-11-20(12-10-18)24-15-4-2/h5-13,16H,3-4,14-15H2,1-2H3. The zero-order chi connectivity index (χ0) is 17.2. The molecule has 0 heterocycles. The normalized spacial score (nSPS) is 10.9. The minimum Gasteiger partial charge on any atom is -0.494 e. The van der Waals surface area contributed by atoms with Gasteiger partial charge in [0.25, 0.3) is 0 Å². The van der Waals surface area contributed by atoms with Gasteiger partial charge in [0.2, 0.25) is 0 Å². The molecule has 3 heteroatoms. The molecule has 2 nitrogen and oxygen atoms in total. The summed E-state index contributed by atoms with van der Waals surface area (Å²) in [5, 5.41) is 0. The Labute approximate surface area is 148 Å². The van der Waals surface area contributed by atoms with E-state index < -0.39 is 0 Å². The Bertz CT molecular complexity index is 674. The third kappa shape index (κ3) is 5.89. The zero-order valence-electron chi connectivity index (χ0n) is 14.3. The molecule has 2 rings (SSSR count). The second-order valence-electron chi connectivity index (χ2n) is 5.49. The van der Waals surface area contributed by atoms with Crippen molar-refractivity contribution in [2.45, 2.75) is 31.6 Å². The van der Waals surface area contributed by atoms with E-state index in [1.54, 1.807) is 6.08 Å². The highest BCUT2D eigenvalue weighted by Gasteiger charge is 2.02. The van der Waals surface area contributed by atoms with Gasteiger partial charge in [-0.2, -0.15) is 0 Å². The fraction of sp³-hybridized carbons (Fsp3) is 0.286. The first kappa shape index (κ1) is 18.3. The number of benzene rings is 2. The van der Waals surface area contributed by atoms with E-state index in [0.29, 0.717) is 12.2 Å². The molecule has 0 saturated heterocycles. The first-order valence-corrected chi connectivity index (χ1v) is 9.39. The van der Waals surface area contributed by atoms with E-state index >= 15 is 0 Å². The van der Waals surface area contributed by atoms with E-state index in [1.165, 1.54) is 4.90 Å². The number of allylic oxidation sites excluding steroid dienone is 1. The van der Waals surface area contributed by atoms with Gasteiger partial charge in [0.1, 0.15) is 5.75 Å². The Balaban J connectivity index is 1.99. The topological polar surface area (TPSA) is 26.3 Å². The van der Waals surface area contributed by atoms with Gasteiger partial charge in [0.15, 0.2) is 5.78 Å². The van der Waals surface area contributed by atoms with Crippen LogP contribution in [-0.4, -0.2) is 18.1 Å². The largest absolute Gasteiger partial charge is 0.494 e. The Morgan fingerprint density at radius 3 is 2.58 bits per heavy atom. The van der Waals surface area contributed by atoms with E-state index in [9.17, 15) is 4.79 Å². The predicted molar refractivity (Wildman–Crippen MR) is 103 cm³/mol. The lowest BCUT2D eigenvalue weighted by Gasteiger charge is -2.04. The van der Waals surface area contributed by atoms with E-state index in [2.05, 4.69) is 13.8 Å². The number of hydrogen-bond acceptors (Lipinski definition) is 3. The molecule has 0 spiro atoms. The van der Waals surface area contributed by atoms with Gasteiger partial charge in [0, 0.05) is 10.5 Å². The van der Waals surface area contributed by atoms with Crippen LogP contribution in [0.4, 0.5) is 0 Å². The molecule has 2 aromatic carbocycles. The van der Waals surface area contributed by atoms with Gasteiger partial charge < -0.3 is 4.74 Å². The van der Waals surface area contributed by atoms with Crippen LogP contribution < -0.4 is 4.74 Å². The maximum absolute atomic E-state index is 12.3. The van der Waals surface area contributed by atoms with Crippen molar-refractivity contribution in [1.82, 2.24) is 0 Å². The third-order valence-electron chi connectivity index (χ3n) is 3.37. The minimum atomic E-state index is 0.0157. The monoisotopic (exact) mass is 340 g/mol. The van der Waals surface area contributed by atoms with Crippen LogP contribution in [0.3, 0.4) is 0 Å². The number of rotatable bonds is 9. The number of carbonyl (C=O) groups is 1. The van der Waals surface area contributed by atoms with Gasteiger partial charge in [0.05, 0.1) is 6.61 Å². The summed E-state index contributed by atoms with van der Waals surface area (Å²) in [4.78, 5) is 13.5. The van der Waals surface area contributed by atoms with Gasteiger partial charge in [-0.25, -0.2) is 0 Å². The average Bonchev–Trinajstić information content (AvgIpc) is 2.63. The molecule has 0 unspecified atom stereocenters. The highest BCUT2D eigenvalue weighted by atomic mass is 32.2. The van der Waals surface area contributed by atoms with Gasteiger partial charge in [-0.3, -0.25) is 4.79 Å². The maximum atomic E-state index is 12.3. The molecule has 2 aromatic rings. The van der Waals surface area contributed by atoms with Crippen molar-refractivity contribution >= 4 is 23.6 Å². The average molecular weight is 340 g/mol. The fourth-order valence-corrected chi connectivity index (χ4v) is 2.90. The summed E-state index contributed by atoms with van der Waals surface area (Å²) in [5.74, 6) is 1.95. The van der Waals surface area contributed by atoms with Crippen LogP contribution in [0, 0.1) is 0 Å². The van der Waals surface area contributed by atoms with Crippen molar-refractivity contribution in [3.63, 3.8) is 0 Å². The Morgan fingerprint density at radius 1 is 1.08 bits per heavy atom. The second kappa shape index (κ2) is 9.99. The predicted octanol–water partition coefficient (Wildman–Crippen LogP) is 5.87. The molecular weight excluding hydrogens is 316 g/mol. The molecule has 0 aliphatic rings. The molecule has 0 atom stereocenters. The second-order valence-corrected chi connectivity index (χ2v) is 6.66. The summed E-state index contributed by atoms with van der Waals surface area (Å²) in [6.07, 6.45) is 5.58. The first-order valence-electron chi connectivity index (χ1n) is 8.41. The van der Waals surface area contributed by atoms with Crippen molar-refractivity contribution in [1.29, 1.82) is 0 Å². The van der Waals surface area contributed by atoms with E-state index in [0.717, 1.165) is 29.9 Å². The molecule has 0 saturated carbocycles. The fourth-order valence-electron chi connectivity index (χ4n) is 2.13. The minimum absolute atomic E-state index is 0.0157. The van der Waals surface area contributed by atoms with Gasteiger partial charge >= 0.3 is 0 Å². The number of carbonyl (C=O) groups excluding carboxylic acids is 1. The van der Waals surface area contributed by atoms with Gasteiger partial charge in [-0.1, -0.05) is 32.1 Å². The lowest BCUT2D eigenvalue weighted by molar-refractivity contribution is 0.104. The highest BCUT2D eigenvalue weighted by molar-refractivity contribution is 7.99. The third-order valence-corrected chi connectivity index (χ3v) is 4.59. The van der Waals surface area contributed by atoms with Crippen LogP contribution in [0.25, 0.3) is 6.08 Å². The Morgan fingerprint density at radius 2 is 1.88 bits per heavy atom. The summed E-state index contributed by atoms with van der Waals surface area (Å²) >= 11 is 1.82. The number of thioether (sulfide) groups is 1. The summed E-state index contributed by atoms with van der Waals surface area (Å²) in [5.41, 5.74) is 1.68. The first-order chi connectivity index (χ1) is 11.7. The SMILES string of the molecule is CCCOc1cccc(C=CC(=O)c2ccc(SCCC)cc2)c1. The van der Waals surface area contributed by atoms with Gasteiger partial charge in [-0.15, -0.1) is 11.8 Å². The van der Waals surface area contributed by atoms with Gasteiger partial charge in [-0.05, 0) is 66.6 Å². The number of ketones is 1. The Hall–Kier alpha value is -2.00. The molecule has 0 amide bonds. The smallest absolute Gasteiger partial charge is 0.185 e. The van der Waals surface area contributed by atoms with Crippen molar-refractivity contribution in [3.05, 3.63) is 65.7 Å². The summed E-state index contributed by atoms with van der Waals surface area (Å²) in [6, 6.07) is 15.6. The quantitative estimate of drug-likeness (QED) is 0.324. The summed E-state index contributed by atoms with van der Waals surface area (Å²) in [7, 11) is 0. The molecule has 0 aromatic heterocycles. The highest BCUT2D eigenvalue weighted by Crippen LogP contribution is 2.20. The zero-order valence-corrected chi connectivity index (χ0v) is 15.1. The molecule has 0 aliphatic heterocycles. The van der Waals surface area contributed by atoms with Crippen LogP contribution >= 0.6 is 11.8 Å². The van der Waals surface area contributed by atoms with E-state index in [1.807, 2.05) is 66.4 Å². The van der Waals surface area contributed by atoms with Crippen molar-refractivity contribution in [3.8, 4) is 5.75 Å². The van der Waals surface area contributed by atoms with Crippen molar-refractivity contribution in [2.24, 2.45) is 0 Å². The van der Waals surface area contributed by atoms with E-state index in [4.69, 9.17) is 4.74 Å². The summed E-state index contributed by atoms with van der Waals surface area (Å²) in [6.45, 7) is 4.95. The molecule has 0 bridgehead atoms. The van der Waals surface area contributed by atoms with Crippen LogP contribution in [-0.2, 0) is 0 Å². The summed E-state index contributed by atoms with van der Waals surface area (Å²) < 4.78 is 5.61. The molecular formula is C21H24O2S. The number of ether oxygens (including phenoxy) is 1. The molecule has 0 radical (unpaired) electrons.